The highest BCUT2D eigenvalue weighted by Crippen LogP contribution is 2.33. The van der Waals surface area contributed by atoms with Crippen molar-refractivity contribution in [1.29, 1.82) is 0 Å². The van der Waals surface area contributed by atoms with E-state index >= 15 is 0 Å². The van der Waals surface area contributed by atoms with Crippen LogP contribution in [-0.4, -0.2) is 30.3 Å². The van der Waals surface area contributed by atoms with Crippen LogP contribution in [-0.2, 0) is 0 Å². The van der Waals surface area contributed by atoms with Crippen molar-refractivity contribution in [1.82, 2.24) is 5.32 Å². The molecule has 1 saturated heterocycles. The van der Waals surface area contributed by atoms with Gasteiger partial charge in [-0.2, -0.15) is 0 Å². The van der Waals surface area contributed by atoms with Crippen LogP contribution in [0, 0.1) is 0 Å². The highest BCUT2D eigenvalue weighted by Gasteiger charge is 2.29. The minimum atomic E-state index is -0.579. The highest BCUT2D eigenvalue weighted by molar-refractivity contribution is 9.10. The Balaban J connectivity index is 2.30. The molecule has 2 N–H and O–H groups in total. The molecule has 0 aromatic heterocycles. The van der Waals surface area contributed by atoms with Gasteiger partial charge in [0.2, 0.25) is 0 Å². The second kappa shape index (κ2) is 6.46. The molecular formula is C16H25BrN2O. The fourth-order valence-electron chi connectivity index (χ4n) is 3.00. The van der Waals surface area contributed by atoms with E-state index in [0.29, 0.717) is 12.6 Å². The van der Waals surface area contributed by atoms with Crippen LogP contribution in [0.4, 0.5) is 5.69 Å². The summed E-state index contributed by atoms with van der Waals surface area (Å²) < 4.78 is 1.10. The lowest BCUT2D eigenvalue weighted by Gasteiger charge is -2.39. The molecule has 0 spiro atoms. The topological polar surface area (TPSA) is 35.5 Å². The van der Waals surface area contributed by atoms with Crippen LogP contribution in [0.25, 0.3) is 0 Å². The van der Waals surface area contributed by atoms with Crippen LogP contribution >= 0.6 is 15.9 Å². The van der Waals surface area contributed by atoms with Crippen molar-refractivity contribution in [3.63, 3.8) is 0 Å². The van der Waals surface area contributed by atoms with Gasteiger partial charge in [-0.25, -0.2) is 0 Å². The molecule has 1 aromatic carbocycles. The SMILES string of the molecule is CCNC(C)c1cc(Br)ccc1N1CCCC(C)(O)C1. The standard InChI is InChI=1S/C16H25BrN2O/c1-4-18-12(2)14-10-13(17)6-7-15(14)19-9-5-8-16(3,20)11-19/h6-7,10,12,18,20H,4-5,8-9,11H2,1-3H3. The Bertz CT molecular complexity index is 462. The molecule has 0 amide bonds. The summed E-state index contributed by atoms with van der Waals surface area (Å²) in [5, 5.41) is 13.8. The molecule has 0 radical (unpaired) electrons. The van der Waals surface area contributed by atoms with E-state index in [1.807, 2.05) is 6.92 Å². The number of aliphatic hydroxyl groups is 1. The predicted molar refractivity (Wildman–Crippen MR) is 88.3 cm³/mol. The highest BCUT2D eigenvalue weighted by atomic mass is 79.9. The van der Waals surface area contributed by atoms with Crippen molar-refractivity contribution in [2.45, 2.75) is 45.3 Å². The Labute approximate surface area is 130 Å². The first-order chi connectivity index (χ1) is 9.43. The van der Waals surface area contributed by atoms with Crippen molar-refractivity contribution in [3.05, 3.63) is 28.2 Å². The number of β-amino-alcohol motifs (C(OH)–C–C–N with tert-alkyl or cyclic N) is 1. The van der Waals surface area contributed by atoms with Crippen molar-refractivity contribution >= 4 is 21.6 Å². The molecule has 1 aliphatic heterocycles. The first-order valence-electron chi connectivity index (χ1n) is 7.43. The minimum absolute atomic E-state index is 0.305. The molecule has 0 saturated carbocycles. The van der Waals surface area contributed by atoms with Gasteiger partial charge in [0.05, 0.1) is 5.60 Å². The smallest absolute Gasteiger partial charge is 0.0794 e. The van der Waals surface area contributed by atoms with E-state index in [0.717, 1.165) is 30.4 Å². The summed E-state index contributed by atoms with van der Waals surface area (Å²) in [6.45, 7) is 8.93. The third-order valence-corrected chi connectivity index (χ3v) is 4.48. The zero-order valence-electron chi connectivity index (χ0n) is 12.6. The van der Waals surface area contributed by atoms with Gasteiger partial charge in [0.1, 0.15) is 0 Å². The third-order valence-electron chi connectivity index (χ3n) is 3.98. The molecule has 2 rings (SSSR count). The average molecular weight is 341 g/mol. The number of hydrogen-bond acceptors (Lipinski definition) is 3. The molecule has 3 nitrogen and oxygen atoms in total. The Morgan fingerprint density at radius 2 is 2.25 bits per heavy atom. The largest absolute Gasteiger partial charge is 0.388 e. The maximum Gasteiger partial charge on any atom is 0.0794 e. The van der Waals surface area contributed by atoms with E-state index in [2.05, 4.69) is 58.2 Å². The Kier molecular flexibility index (Phi) is 5.10. The van der Waals surface area contributed by atoms with Gasteiger partial charge in [-0.3, -0.25) is 0 Å². The number of piperidine rings is 1. The van der Waals surface area contributed by atoms with E-state index in [4.69, 9.17) is 0 Å². The maximum absolute atomic E-state index is 10.3. The zero-order valence-corrected chi connectivity index (χ0v) is 14.2. The third kappa shape index (κ3) is 3.74. The summed E-state index contributed by atoms with van der Waals surface area (Å²) in [6.07, 6.45) is 1.93. The van der Waals surface area contributed by atoms with Crippen LogP contribution in [0.2, 0.25) is 0 Å². The van der Waals surface area contributed by atoms with Crippen molar-refractivity contribution in [3.8, 4) is 0 Å². The number of rotatable bonds is 4. The molecule has 1 heterocycles. The van der Waals surface area contributed by atoms with Gasteiger partial charge >= 0.3 is 0 Å². The molecule has 4 heteroatoms. The Morgan fingerprint density at radius 3 is 2.90 bits per heavy atom. The number of nitrogens with one attached hydrogen (secondary N) is 1. The minimum Gasteiger partial charge on any atom is -0.388 e. The van der Waals surface area contributed by atoms with Gasteiger partial charge in [-0.1, -0.05) is 22.9 Å². The van der Waals surface area contributed by atoms with Gasteiger partial charge in [0.25, 0.3) is 0 Å². The molecule has 20 heavy (non-hydrogen) atoms. The van der Waals surface area contributed by atoms with Crippen molar-refractivity contribution in [2.75, 3.05) is 24.5 Å². The lowest BCUT2D eigenvalue weighted by atomic mass is 9.93. The number of hydrogen-bond donors (Lipinski definition) is 2. The van der Waals surface area contributed by atoms with Gasteiger partial charge in [-0.05, 0) is 57.0 Å². The molecule has 112 valence electrons. The zero-order chi connectivity index (χ0) is 14.8. The normalized spacial score (nSPS) is 24.8. The molecule has 0 aliphatic carbocycles. The summed E-state index contributed by atoms with van der Waals surface area (Å²) in [5.41, 5.74) is 1.95. The maximum atomic E-state index is 10.3. The van der Waals surface area contributed by atoms with Gasteiger partial charge in [0, 0.05) is 29.3 Å². The summed E-state index contributed by atoms with van der Waals surface area (Å²) in [4.78, 5) is 2.32. The van der Waals surface area contributed by atoms with Gasteiger partial charge < -0.3 is 15.3 Å². The molecule has 1 aromatic rings. The summed E-state index contributed by atoms with van der Waals surface area (Å²) >= 11 is 3.57. The van der Waals surface area contributed by atoms with Gasteiger partial charge in [0.15, 0.2) is 0 Å². The van der Waals surface area contributed by atoms with E-state index in [1.165, 1.54) is 11.3 Å². The van der Waals surface area contributed by atoms with Crippen molar-refractivity contribution in [2.24, 2.45) is 0 Å². The monoisotopic (exact) mass is 340 g/mol. The van der Waals surface area contributed by atoms with Gasteiger partial charge in [-0.15, -0.1) is 0 Å². The predicted octanol–water partition coefficient (Wildman–Crippen LogP) is 3.47. The van der Waals surface area contributed by atoms with Crippen LogP contribution in [0.5, 0.6) is 0 Å². The fourth-order valence-corrected chi connectivity index (χ4v) is 3.38. The number of nitrogens with zero attached hydrogens (tertiary/aromatic N) is 1. The van der Waals surface area contributed by atoms with Crippen LogP contribution < -0.4 is 10.2 Å². The summed E-state index contributed by atoms with van der Waals surface area (Å²) in [6, 6.07) is 6.74. The summed E-state index contributed by atoms with van der Waals surface area (Å²) in [7, 11) is 0. The van der Waals surface area contributed by atoms with Crippen LogP contribution in [0.15, 0.2) is 22.7 Å². The Hall–Kier alpha value is -0.580. The summed E-state index contributed by atoms with van der Waals surface area (Å²) in [5.74, 6) is 0. The lowest BCUT2D eigenvalue weighted by molar-refractivity contribution is 0.0448. The number of benzene rings is 1. The second-order valence-electron chi connectivity index (χ2n) is 6.00. The molecule has 0 bridgehead atoms. The molecule has 2 atom stereocenters. The second-order valence-corrected chi connectivity index (χ2v) is 6.92. The quantitative estimate of drug-likeness (QED) is 0.880. The number of halogens is 1. The fraction of sp³-hybridized carbons (Fsp3) is 0.625. The van der Waals surface area contributed by atoms with E-state index in [9.17, 15) is 5.11 Å². The van der Waals surface area contributed by atoms with Crippen LogP contribution in [0.3, 0.4) is 0 Å². The van der Waals surface area contributed by atoms with E-state index in [1.54, 1.807) is 0 Å². The lowest BCUT2D eigenvalue weighted by Crippen LogP contribution is -2.46. The average Bonchev–Trinajstić information content (AvgIpc) is 2.37. The Morgan fingerprint density at radius 1 is 1.50 bits per heavy atom. The van der Waals surface area contributed by atoms with E-state index < -0.39 is 5.60 Å². The van der Waals surface area contributed by atoms with E-state index in [-0.39, 0.29) is 0 Å². The molecule has 2 unspecified atom stereocenters. The van der Waals surface area contributed by atoms with Crippen molar-refractivity contribution < 1.29 is 5.11 Å². The number of anilines is 1. The first-order valence-corrected chi connectivity index (χ1v) is 8.22. The molecule has 1 aliphatic rings. The van der Waals surface area contributed by atoms with Crippen LogP contribution in [0.1, 0.15) is 45.2 Å². The molecule has 1 fully saturated rings. The first kappa shape index (κ1) is 15.8. The molecular weight excluding hydrogens is 316 g/mol.